The summed E-state index contributed by atoms with van der Waals surface area (Å²) in [5.74, 6) is -0.837. The van der Waals surface area contributed by atoms with E-state index in [1.54, 1.807) is 6.08 Å². The molecule has 0 spiro atoms. The molecule has 1 aromatic rings. The number of hydrogen-bond acceptors (Lipinski definition) is 3. The van der Waals surface area contributed by atoms with E-state index in [4.69, 9.17) is 0 Å². The number of aliphatic imine (C=N–C) groups is 1. The van der Waals surface area contributed by atoms with Crippen molar-refractivity contribution in [2.75, 3.05) is 0 Å². The van der Waals surface area contributed by atoms with Gasteiger partial charge in [0.05, 0.1) is 12.0 Å². The van der Waals surface area contributed by atoms with Gasteiger partial charge in [0.15, 0.2) is 0 Å². The molecule has 0 fully saturated rings. The third-order valence-electron chi connectivity index (χ3n) is 2.41. The molecule has 4 heteroatoms. The van der Waals surface area contributed by atoms with Crippen molar-refractivity contribution >= 4 is 18.3 Å². The van der Waals surface area contributed by atoms with Crippen LogP contribution in [0.25, 0.3) is 6.08 Å². The molecule has 0 aromatic heterocycles. The van der Waals surface area contributed by atoms with Gasteiger partial charge in [-0.05, 0) is 24.0 Å². The molecule has 0 saturated carbocycles. The summed E-state index contributed by atoms with van der Waals surface area (Å²) in [6.45, 7) is 3.93. The van der Waals surface area contributed by atoms with Crippen LogP contribution >= 0.6 is 0 Å². The molecule has 0 amide bonds. The van der Waals surface area contributed by atoms with Crippen molar-refractivity contribution in [2.24, 2.45) is 10.9 Å². The largest absolute Gasteiger partial charge is 1.00 e. The van der Waals surface area contributed by atoms with Crippen LogP contribution in [0.15, 0.2) is 41.4 Å². The molecule has 0 bridgehead atoms. The molecule has 0 aliphatic heterocycles. The third kappa shape index (κ3) is 8.50. The van der Waals surface area contributed by atoms with E-state index in [-0.39, 0.29) is 57.3 Å². The van der Waals surface area contributed by atoms with Gasteiger partial charge in [0.1, 0.15) is 0 Å². The van der Waals surface area contributed by atoms with Crippen molar-refractivity contribution in [1.82, 2.24) is 0 Å². The van der Waals surface area contributed by atoms with Gasteiger partial charge in [0.25, 0.3) is 0 Å². The standard InChI is InChI=1S/C15H19NO2.K/c1-12(2)11-14(15(17)18)16-10-6-9-13-7-4-3-5-8-13;/h3-10,12,14H,11H2,1-2H3,(H,17,18);/q;+1/p-1/b9-6+,16-10?;/t14-;/m0./s1. The number of carbonyl (C=O) groups is 1. The molecule has 1 aromatic carbocycles. The number of aliphatic carboxylic acids is 1. The Hall–Kier alpha value is -0.264. The average molecular weight is 283 g/mol. The van der Waals surface area contributed by atoms with Gasteiger partial charge in [-0.15, -0.1) is 0 Å². The number of carboxylic acid groups (broad SMARTS) is 1. The molecule has 0 aliphatic rings. The normalized spacial score (nSPS) is 12.8. The summed E-state index contributed by atoms with van der Waals surface area (Å²) in [4.78, 5) is 14.9. The molecule has 0 N–H and O–H groups in total. The fourth-order valence-electron chi connectivity index (χ4n) is 1.54. The summed E-state index contributed by atoms with van der Waals surface area (Å²) in [6.07, 6.45) is 5.64. The van der Waals surface area contributed by atoms with Crippen molar-refractivity contribution < 1.29 is 61.3 Å². The van der Waals surface area contributed by atoms with E-state index in [1.807, 2.05) is 50.3 Å². The summed E-state index contributed by atoms with van der Waals surface area (Å²) in [5, 5.41) is 10.9. The Morgan fingerprint density at radius 3 is 2.47 bits per heavy atom. The fourth-order valence-corrected chi connectivity index (χ4v) is 1.54. The molecule has 0 saturated heterocycles. The Balaban J connectivity index is 0.00000324. The van der Waals surface area contributed by atoms with Crippen molar-refractivity contribution in [2.45, 2.75) is 26.3 Å². The number of rotatable bonds is 6. The minimum absolute atomic E-state index is 0. The Bertz CT molecular complexity index is 427. The van der Waals surface area contributed by atoms with Gasteiger partial charge in [0.2, 0.25) is 0 Å². The number of allylic oxidation sites excluding steroid dienone is 1. The topological polar surface area (TPSA) is 52.5 Å². The van der Waals surface area contributed by atoms with E-state index < -0.39 is 12.0 Å². The molecule has 19 heavy (non-hydrogen) atoms. The maximum atomic E-state index is 10.9. The van der Waals surface area contributed by atoms with Gasteiger partial charge in [-0.25, -0.2) is 0 Å². The Morgan fingerprint density at radius 2 is 1.95 bits per heavy atom. The van der Waals surface area contributed by atoms with E-state index >= 15 is 0 Å². The van der Waals surface area contributed by atoms with Crippen LogP contribution in [-0.2, 0) is 4.79 Å². The monoisotopic (exact) mass is 283 g/mol. The first-order valence-corrected chi connectivity index (χ1v) is 6.05. The van der Waals surface area contributed by atoms with Gasteiger partial charge < -0.3 is 9.90 Å². The Labute approximate surface area is 157 Å². The van der Waals surface area contributed by atoms with E-state index in [0.29, 0.717) is 6.42 Å². The van der Waals surface area contributed by atoms with E-state index in [9.17, 15) is 9.90 Å². The zero-order valence-electron chi connectivity index (χ0n) is 11.7. The van der Waals surface area contributed by atoms with Gasteiger partial charge in [-0.2, -0.15) is 0 Å². The number of hydrogen-bond donors (Lipinski definition) is 0. The molecule has 1 rings (SSSR count). The van der Waals surface area contributed by atoms with Gasteiger partial charge >= 0.3 is 51.4 Å². The van der Waals surface area contributed by atoms with Crippen LogP contribution in [0.2, 0.25) is 0 Å². The first kappa shape index (κ1) is 18.7. The second-order valence-electron chi connectivity index (χ2n) is 4.53. The van der Waals surface area contributed by atoms with Crippen LogP contribution in [0.5, 0.6) is 0 Å². The molecule has 96 valence electrons. The summed E-state index contributed by atoms with van der Waals surface area (Å²) >= 11 is 0. The fraction of sp³-hybridized carbons (Fsp3) is 0.333. The van der Waals surface area contributed by atoms with E-state index in [2.05, 4.69) is 4.99 Å². The van der Waals surface area contributed by atoms with Crippen LogP contribution in [-0.4, -0.2) is 18.2 Å². The minimum Gasteiger partial charge on any atom is -0.548 e. The van der Waals surface area contributed by atoms with E-state index in [0.717, 1.165) is 5.56 Å². The van der Waals surface area contributed by atoms with Crippen molar-refractivity contribution in [3.8, 4) is 0 Å². The van der Waals surface area contributed by atoms with Crippen LogP contribution in [0.4, 0.5) is 0 Å². The number of carbonyl (C=O) groups excluding carboxylic acids is 1. The number of nitrogens with zero attached hydrogens (tertiary/aromatic N) is 1. The Kier molecular flexibility index (Phi) is 10.4. The van der Waals surface area contributed by atoms with Crippen molar-refractivity contribution in [3.63, 3.8) is 0 Å². The smallest absolute Gasteiger partial charge is 0.548 e. The third-order valence-corrected chi connectivity index (χ3v) is 2.41. The minimum atomic E-state index is -1.12. The maximum absolute atomic E-state index is 10.9. The molecule has 0 aliphatic carbocycles. The van der Waals surface area contributed by atoms with Crippen LogP contribution in [0, 0.1) is 5.92 Å². The first-order valence-electron chi connectivity index (χ1n) is 6.05. The van der Waals surface area contributed by atoms with Crippen LogP contribution in [0.1, 0.15) is 25.8 Å². The van der Waals surface area contributed by atoms with Gasteiger partial charge in [-0.3, -0.25) is 4.99 Å². The summed E-state index contributed by atoms with van der Waals surface area (Å²) in [5.41, 5.74) is 1.05. The summed E-state index contributed by atoms with van der Waals surface area (Å²) in [6, 6.07) is 9.01. The molecule has 0 radical (unpaired) electrons. The van der Waals surface area contributed by atoms with Gasteiger partial charge in [-0.1, -0.05) is 50.3 Å². The second-order valence-corrected chi connectivity index (χ2v) is 4.53. The average Bonchev–Trinajstić information content (AvgIpc) is 2.33. The molecule has 1 atom stereocenters. The van der Waals surface area contributed by atoms with E-state index in [1.165, 1.54) is 6.21 Å². The summed E-state index contributed by atoms with van der Waals surface area (Å²) < 4.78 is 0. The summed E-state index contributed by atoms with van der Waals surface area (Å²) in [7, 11) is 0. The van der Waals surface area contributed by atoms with Gasteiger partial charge in [0, 0.05) is 6.21 Å². The van der Waals surface area contributed by atoms with Crippen molar-refractivity contribution in [1.29, 1.82) is 0 Å². The predicted octanol–water partition coefficient (Wildman–Crippen LogP) is -1.06. The molecular formula is C15H18KNO2. The molecule has 3 nitrogen and oxygen atoms in total. The molecular weight excluding hydrogens is 265 g/mol. The second kappa shape index (κ2) is 10.5. The SMILES string of the molecule is CC(C)C[C@H](N=C/C=C/c1ccccc1)C(=O)[O-].[K+]. The zero-order chi connectivity index (χ0) is 13.4. The molecule has 0 heterocycles. The maximum Gasteiger partial charge on any atom is 1.00 e. The first-order chi connectivity index (χ1) is 8.59. The number of benzene rings is 1. The predicted molar refractivity (Wildman–Crippen MR) is 72.2 cm³/mol. The van der Waals surface area contributed by atoms with Crippen LogP contribution in [0.3, 0.4) is 0 Å². The number of carboxylic acids is 1. The zero-order valence-corrected chi connectivity index (χ0v) is 14.9. The van der Waals surface area contributed by atoms with Crippen molar-refractivity contribution in [3.05, 3.63) is 42.0 Å². The quantitative estimate of drug-likeness (QED) is 0.494. The van der Waals surface area contributed by atoms with Crippen LogP contribution < -0.4 is 56.5 Å². The molecule has 0 unspecified atom stereocenters. The Morgan fingerprint density at radius 1 is 1.32 bits per heavy atom.